The van der Waals surface area contributed by atoms with Crippen LogP contribution in [-0.4, -0.2) is 34.1 Å². The van der Waals surface area contributed by atoms with Crippen molar-refractivity contribution in [3.8, 4) is 0 Å². The Balaban J connectivity index is 2.19. The van der Waals surface area contributed by atoms with Gasteiger partial charge in [0.1, 0.15) is 4.32 Å². The summed E-state index contributed by atoms with van der Waals surface area (Å²) in [5, 5.41) is 0. The van der Waals surface area contributed by atoms with Crippen molar-refractivity contribution in [3.63, 3.8) is 0 Å². The van der Waals surface area contributed by atoms with Crippen molar-refractivity contribution in [1.29, 1.82) is 0 Å². The minimum atomic E-state index is -0.230. The van der Waals surface area contributed by atoms with Crippen LogP contribution in [0, 0.1) is 0 Å². The highest BCUT2D eigenvalue weighted by Gasteiger charge is 2.41. The fraction of sp³-hybridized carbons (Fsp3) is 0.188. The highest BCUT2D eigenvalue weighted by Crippen LogP contribution is 2.45. The standard InChI is InChI=1S/C16H13BrN2O2S2/c1-3-7-19-15(21)13(23-16(19)22)12-10-8-9(17)5-6-11(10)18(4-2)14(12)20/h3,5-6,8H,1,4,7H2,2H3/b13-12-. The van der Waals surface area contributed by atoms with Crippen LogP contribution in [0.15, 0.2) is 40.2 Å². The quantitative estimate of drug-likeness (QED) is 0.435. The van der Waals surface area contributed by atoms with E-state index in [2.05, 4.69) is 22.5 Å². The van der Waals surface area contributed by atoms with E-state index in [0.29, 0.717) is 27.9 Å². The molecule has 2 amide bonds. The third-order valence-corrected chi connectivity index (χ3v) is 5.62. The van der Waals surface area contributed by atoms with Gasteiger partial charge in [-0.2, -0.15) is 0 Å². The molecular weight excluding hydrogens is 396 g/mol. The number of anilines is 1. The number of hydrogen-bond donors (Lipinski definition) is 0. The molecule has 3 rings (SSSR count). The van der Waals surface area contributed by atoms with Gasteiger partial charge in [-0.25, -0.2) is 0 Å². The van der Waals surface area contributed by atoms with E-state index < -0.39 is 0 Å². The Kier molecular flexibility index (Phi) is 4.44. The van der Waals surface area contributed by atoms with E-state index in [9.17, 15) is 9.59 Å². The molecule has 4 nitrogen and oxygen atoms in total. The monoisotopic (exact) mass is 408 g/mol. The SMILES string of the molecule is C=CCN1C(=O)/C(=C2/C(=O)N(CC)c3ccc(Br)cc32)SC1=S. The first-order valence-corrected chi connectivity index (χ1v) is 9.02. The normalized spacial score (nSPS) is 20.5. The molecule has 1 aromatic carbocycles. The second-order valence-corrected chi connectivity index (χ2v) is 7.55. The van der Waals surface area contributed by atoms with Gasteiger partial charge in [0.2, 0.25) is 0 Å². The number of hydrogen-bond acceptors (Lipinski definition) is 4. The molecule has 2 aliphatic heterocycles. The van der Waals surface area contributed by atoms with Crippen LogP contribution in [0.3, 0.4) is 0 Å². The summed E-state index contributed by atoms with van der Waals surface area (Å²) in [6.07, 6.45) is 1.62. The Morgan fingerprint density at radius 2 is 2.04 bits per heavy atom. The van der Waals surface area contributed by atoms with E-state index in [0.717, 1.165) is 15.7 Å². The number of likely N-dealkylation sites (N-methyl/N-ethyl adjacent to an activating group) is 1. The van der Waals surface area contributed by atoms with Crippen LogP contribution < -0.4 is 4.90 Å². The van der Waals surface area contributed by atoms with Crippen molar-refractivity contribution in [2.45, 2.75) is 6.92 Å². The molecule has 7 heteroatoms. The topological polar surface area (TPSA) is 40.6 Å². The molecule has 0 aromatic heterocycles. The largest absolute Gasteiger partial charge is 0.308 e. The molecule has 0 atom stereocenters. The number of nitrogens with zero attached hydrogens (tertiary/aromatic N) is 2. The number of fused-ring (bicyclic) bond motifs is 1. The highest BCUT2D eigenvalue weighted by atomic mass is 79.9. The van der Waals surface area contributed by atoms with Gasteiger partial charge in [0.25, 0.3) is 11.8 Å². The number of halogens is 1. The van der Waals surface area contributed by atoms with E-state index in [-0.39, 0.29) is 11.8 Å². The first-order chi connectivity index (χ1) is 11.0. The highest BCUT2D eigenvalue weighted by molar-refractivity contribution is 9.10. The number of thioether (sulfide) groups is 1. The maximum absolute atomic E-state index is 12.8. The fourth-order valence-corrected chi connectivity index (χ4v) is 4.38. The molecule has 118 valence electrons. The van der Waals surface area contributed by atoms with Gasteiger partial charge in [-0.15, -0.1) is 6.58 Å². The number of carbonyl (C=O) groups excluding carboxylic acids is 2. The van der Waals surface area contributed by atoms with Crippen LogP contribution in [0.1, 0.15) is 12.5 Å². The van der Waals surface area contributed by atoms with E-state index in [1.807, 2.05) is 25.1 Å². The summed E-state index contributed by atoms with van der Waals surface area (Å²) >= 11 is 9.88. The van der Waals surface area contributed by atoms with Gasteiger partial charge in [0.15, 0.2) is 0 Å². The molecule has 0 radical (unpaired) electrons. The smallest absolute Gasteiger partial charge is 0.267 e. The molecule has 0 bridgehead atoms. The van der Waals surface area contributed by atoms with Crippen LogP contribution in [0.25, 0.3) is 5.57 Å². The lowest BCUT2D eigenvalue weighted by Gasteiger charge is -2.13. The van der Waals surface area contributed by atoms with E-state index in [4.69, 9.17) is 12.2 Å². The van der Waals surface area contributed by atoms with Gasteiger partial charge >= 0.3 is 0 Å². The van der Waals surface area contributed by atoms with Crippen LogP contribution in [-0.2, 0) is 9.59 Å². The van der Waals surface area contributed by atoms with Crippen molar-refractivity contribution in [2.24, 2.45) is 0 Å². The maximum Gasteiger partial charge on any atom is 0.267 e. The Labute approximate surface area is 152 Å². The molecular formula is C16H13BrN2O2S2. The number of benzene rings is 1. The van der Waals surface area contributed by atoms with Crippen molar-refractivity contribution in [2.75, 3.05) is 18.0 Å². The van der Waals surface area contributed by atoms with Crippen molar-refractivity contribution in [3.05, 3.63) is 45.8 Å². The second kappa shape index (κ2) is 6.22. The molecule has 2 aliphatic rings. The molecule has 1 fully saturated rings. The van der Waals surface area contributed by atoms with Crippen molar-refractivity contribution < 1.29 is 9.59 Å². The van der Waals surface area contributed by atoms with Crippen LogP contribution in [0.2, 0.25) is 0 Å². The van der Waals surface area contributed by atoms with E-state index in [1.54, 1.807) is 11.0 Å². The molecule has 2 heterocycles. The minimum Gasteiger partial charge on any atom is -0.308 e. The molecule has 0 unspecified atom stereocenters. The number of amides is 2. The average molecular weight is 409 g/mol. The molecule has 0 aliphatic carbocycles. The van der Waals surface area contributed by atoms with Crippen molar-refractivity contribution >= 4 is 67.3 Å². The van der Waals surface area contributed by atoms with Gasteiger partial charge in [-0.1, -0.05) is 46.0 Å². The lowest BCUT2D eigenvalue weighted by Crippen LogP contribution is -2.29. The second-order valence-electron chi connectivity index (χ2n) is 4.99. The predicted octanol–water partition coefficient (Wildman–Crippen LogP) is 3.57. The third kappa shape index (κ3) is 2.56. The summed E-state index contributed by atoms with van der Waals surface area (Å²) in [6.45, 7) is 6.45. The zero-order chi connectivity index (χ0) is 16.7. The summed E-state index contributed by atoms with van der Waals surface area (Å²) in [6, 6.07) is 5.65. The molecule has 23 heavy (non-hydrogen) atoms. The van der Waals surface area contributed by atoms with Gasteiger partial charge in [0.05, 0.1) is 16.2 Å². The van der Waals surface area contributed by atoms with Gasteiger partial charge < -0.3 is 4.90 Å². The minimum absolute atomic E-state index is 0.153. The van der Waals surface area contributed by atoms with Crippen LogP contribution in [0.4, 0.5) is 5.69 Å². The van der Waals surface area contributed by atoms with Crippen molar-refractivity contribution in [1.82, 2.24) is 4.90 Å². The summed E-state index contributed by atoms with van der Waals surface area (Å²) in [5.74, 6) is -0.383. The molecule has 1 aromatic rings. The zero-order valence-corrected chi connectivity index (χ0v) is 15.6. The number of rotatable bonds is 3. The Bertz CT molecular complexity index is 788. The summed E-state index contributed by atoms with van der Waals surface area (Å²) in [7, 11) is 0. The zero-order valence-electron chi connectivity index (χ0n) is 12.3. The molecule has 1 saturated heterocycles. The first kappa shape index (κ1) is 16.4. The van der Waals surface area contributed by atoms with Gasteiger partial charge in [-0.05, 0) is 25.1 Å². The first-order valence-electron chi connectivity index (χ1n) is 7.00. The Morgan fingerprint density at radius 1 is 1.30 bits per heavy atom. The maximum atomic E-state index is 12.8. The fourth-order valence-electron chi connectivity index (χ4n) is 2.67. The van der Waals surface area contributed by atoms with Crippen LogP contribution >= 0.6 is 39.9 Å². The number of thiocarbonyl (C=S) groups is 1. The summed E-state index contributed by atoms with van der Waals surface area (Å²) in [4.78, 5) is 29.0. The molecule has 0 saturated carbocycles. The predicted molar refractivity (Wildman–Crippen MR) is 101 cm³/mol. The molecule has 0 spiro atoms. The number of carbonyl (C=O) groups is 2. The molecule has 0 N–H and O–H groups in total. The average Bonchev–Trinajstić information content (AvgIpc) is 2.94. The third-order valence-electron chi connectivity index (χ3n) is 3.68. The van der Waals surface area contributed by atoms with Gasteiger partial charge in [-0.3, -0.25) is 14.5 Å². The summed E-state index contributed by atoms with van der Waals surface area (Å²) < 4.78 is 1.32. The lowest BCUT2D eigenvalue weighted by molar-refractivity contribution is -0.122. The lowest BCUT2D eigenvalue weighted by atomic mass is 10.1. The van der Waals surface area contributed by atoms with E-state index >= 15 is 0 Å². The Morgan fingerprint density at radius 3 is 2.70 bits per heavy atom. The van der Waals surface area contributed by atoms with E-state index in [1.165, 1.54) is 16.7 Å². The Hall–Kier alpha value is -1.44. The van der Waals surface area contributed by atoms with Gasteiger partial charge in [0, 0.05) is 23.1 Å². The summed E-state index contributed by atoms with van der Waals surface area (Å²) in [5.41, 5.74) is 2.03. The van der Waals surface area contributed by atoms with Crippen LogP contribution in [0.5, 0.6) is 0 Å².